The Kier molecular flexibility index (Phi) is 9.13. The molecule has 1 N–H and O–H groups in total. The van der Waals surface area contributed by atoms with E-state index in [9.17, 15) is 0 Å². The molecule has 0 fully saturated rings. The van der Waals surface area contributed by atoms with Crippen molar-refractivity contribution >= 4 is 17.2 Å². The third-order valence-electron chi connectivity index (χ3n) is 1.90. The average Bonchev–Trinajstić information content (AvgIpc) is 2.14. The summed E-state index contributed by atoms with van der Waals surface area (Å²) < 4.78 is 0. The van der Waals surface area contributed by atoms with Gasteiger partial charge in [-0.05, 0) is 12.8 Å². The Morgan fingerprint density at radius 2 is 2.00 bits per heavy atom. The van der Waals surface area contributed by atoms with Gasteiger partial charge in [-0.2, -0.15) is 0 Å². The van der Waals surface area contributed by atoms with Crippen LogP contribution in [0.2, 0.25) is 0 Å². The number of hydrogen-bond donors (Lipinski definition) is 1. The molecule has 0 unspecified atom stereocenters. The summed E-state index contributed by atoms with van der Waals surface area (Å²) in [6, 6.07) is 0. The van der Waals surface area contributed by atoms with Crippen LogP contribution < -0.4 is 5.32 Å². The Bertz CT molecular complexity index is 169. The van der Waals surface area contributed by atoms with E-state index in [-0.39, 0.29) is 0 Å². The van der Waals surface area contributed by atoms with E-state index >= 15 is 0 Å². The number of terminal acetylenes is 1. The molecule has 0 saturated heterocycles. The van der Waals surface area contributed by atoms with Crippen molar-refractivity contribution in [1.29, 1.82) is 0 Å². The molecule has 0 spiro atoms. The number of unbranched alkanes of at least 4 members (excludes halogenated alkanes) is 4. The predicted molar refractivity (Wildman–Crippen MR) is 62.8 cm³/mol. The molecule has 0 heterocycles. The summed E-state index contributed by atoms with van der Waals surface area (Å²) >= 11 is 5.09. The highest BCUT2D eigenvalue weighted by molar-refractivity contribution is 7.80. The van der Waals surface area contributed by atoms with Crippen LogP contribution in [0.25, 0.3) is 0 Å². The smallest absolute Gasteiger partial charge is 0.0767 e. The van der Waals surface area contributed by atoms with E-state index in [1.807, 2.05) is 0 Å². The number of thiocarbonyl (C=S) groups is 1. The molecule has 0 aliphatic rings. The predicted octanol–water partition coefficient (Wildman–Crippen LogP) is 2.90. The van der Waals surface area contributed by atoms with E-state index in [0.29, 0.717) is 6.54 Å². The molecular formula is C11H19NS. The zero-order valence-electron chi connectivity index (χ0n) is 8.44. The largest absolute Gasteiger partial charge is 0.369 e. The zero-order chi connectivity index (χ0) is 9.94. The summed E-state index contributed by atoms with van der Waals surface area (Å²) in [6.45, 7) is 2.78. The normalized spacial score (nSPS) is 9.23. The van der Waals surface area contributed by atoms with E-state index in [1.54, 1.807) is 0 Å². The van der Waals surface area contributed by atoms with E-state index in [1.165, 1.54) is 32.1 Å². The highest BCUT2D eigenvalue weighted by Gasteiger charge is 1.94. The Labute approximate surface area is 87.3 Å². The van der Waals surface area contributed by atoms with Crippen molar-refractivity contribution < 1.29 is 0 Å². The topological polar surface area (TPSA) is 12.0 Å². The highest BCUT2D eigenvalue weighted by Crippen LogP contribution is 2.04. The number of rotatable bonds is 7. The van der Waals surface area contributed by atoms with Gasteiger partial charge in [0.2, 0.25) is 0 Å². The van der Waals surface area contributed by atoms with Crippen LogP contribution in [0.1, 0.15) is 45.4 Å². The molecule has 0 aliphatic heterocycles. The molecule has 13 heavy (non-hydrogen) atoms. The van der Waals surface area contributed by atoms with Crippen LogP contribution in [-0.4, -0.2) is 11.5 Å². The van der Waals surface area contributed by atoms with E-state index in [0.717, 1.165) is 11.4 Å². The molecule has 2 heteroatoms. The van der Waals surface area contributed by atoms with Crippen molar-refractivity contribution in [1.82, 2.24) is 5.32 Å². The van der Waals surface area contributed by atoms with Crippen LogP contribution in [-0.2, 0) is 0 Å². The van der Waals surface area contributed by atoms with Gasteiger partial charge in [0, 0.05) is 0 Å². The van der Waals surface area contributed by atoms with Crippen molar-refractivity contribution in [2.45, 2.75) is 45.4 Å². The van der Waals surface area contributed by atoms with Gasteiger partial charge in [0.05, 0.1) is 11.5 Å². The molecule has 0 saturated carbocycles. The summed E-state index contributed by atoms with van der Waals surface area (Å²) in [7, 11) is 0. The van der Waals surface area contributed by atoms with Gasteiger partial charge in [-0.1, -0.05) is 50.7 Å². The monoisotopic (exact) mass is 197 g/mol. The fourth-order valence-corrected chi connectivity index (χ4v) is 1.34. The fraction of sp³-hybridized carbons (Fsp3) is 0.727. The first-order valence-corrected chi connectivity index (χ1v) is 5.42. The number of nitrogens with one attached hydrogen (secondary N) is 1. The number of hydrogen-bond acceptors (Lipinski definition) is 1. The van der Waals surface area contributed by atoms with Crippen LogP contribution >= 0.6 is 12.2 Å². The lowest BCUT2D eigenvalue weighted by molar-refractivity contribution is 0.642. The Morgan fingerprint density at radius 3 is 2.62 bits per heavy atom. The second-order valence-electron chi connectivity index (χ2n) is 3.15. The molecule has 0 aliphatic carbocycles. The Hall–Kier alpha value is -0.550. The highest BCUT2D eigenvalue weighted by atomic mass is 32.1. The molecule has 0 amide bonds. The van der Waals surface area contributed by atoms with Gasteiger partial charge in [-0.15, -0.1) is 6.42 Å². The van der Waals surface area contributed by atoms with Gasteiger partial charge < -0.3 is 5.32 Å². The summed E-state index contributed by atoms with van der Waals surface area (Å²) in [4.78, 5) is 0.912. The Morgan fingerprint density at radius 1 is 1.31 bits per heavy atom. The SMILES string of the molecule is C#CCNC(=S)CCCCCCC. The maximum Gasteiger partial charge on any atom is 0.0767 e. The van der Waals surface area contributed by atoms with Crippen molar-refractivity contribution in [2.75, 3.05) is 6.54 Å². The van der Waals surface area contributed by atoms with Gasteiger partial charge in [-0.3, -0.25) is 0 Å². The van der Waals surface area contributed by atoms with Crippen LogP contribution in [0.5, 0.6) is 0 Å². The summed E-state index contributed by atoms with van der Waals surface area (Å²) in [6.07, 6.45) is 12.5. The maximum absolute atomic E-state index is 5.10. The second kappa shape index (κ2) is 9.54. The summed E-state index contributed by atoms with van der Waals surface area (Å²) in [5.41, 5.74) is 0. The minimum atomic E-state index is 0.563. The van der Waals surface area contributed by atoms with Crippen molar-refractivity contribution in [3.63, 3.8) is 0 Å². The molecular weight excluding hydrogens is 178 g/mol. The molecule has 0 rings (SSSR count). The van der Waals surface area contributed by atoms with Gasteiger partial charge in [0.15, 0.2) is 0 Å². The fourth-order valence-electron chi connectivity index (χ4n) is 1.13. The van der Waals surface area contributed by atoms with Crippen LogP contribution in [0.15, 0.2) is 0 Å². The molecule has 0 bridgehead atoms. The zero-order valence-corrected chi connectivity index (χ0v) is 9.25. The third kappa shape index (κ3) is 9.36. The van der Waals surface area contributed by atoms with Crippen LogP contribution in [0.3, 0.4) is 0 Å². The minimum absolute atomic E-state index is 0.563. The first-order valence-electron chi connectivity index (χ1n) is 5.01. The summed E-state index contributed by atoms with van der Waals surface area (Å²) in [5, 5.41) is 3.02. The lowest BCUT2D eigenvalue weighted by atomic mass is 10.1. The van der Waals surface area contributed by atoms with E-state index in [2.05, 4.69) is 18.2 Å². The lowest BCUT2D eigenvalue weighted by Gasteiger charge is -2.03. The minimum Gasteiger partial charge on any atom is -0.369 e. The quantitative estimate of drug-likeness (QED) is 0.382. The Balaban J connectivity index is 3.13. The molecule has 0 aromatic heterocycles. The van der Waals surface area contributed by atoms with Gasteiger partial charge in [0.25, 0.3) is 0 Å². The third-order valence-corrected chi connectivity index (χ3v) is 2.24. The van der Waals surface area contributed by atoms with Gasteiger partial charge >= 0.3 is 0 Å². The van der Waals surface area contributed by atoms with Gasteiger partial charge in [0.1, 0.15) is 0 Å². The maximum atomic E-state index is 5.10. The molecule has 0 radical (unpaired) electrons. The molecule has 1 nitrogen and oxygen atoms in total. The molecule has 0 aromatic carbocycles. The van der Waals surface area contributed by atoms with E-state index < -0.39 is 0 Å². The second-order valence-corrected chi connectivity index (χ2v) is 3.64. The molecule has 74 valence electrons. The van der Waals surface area contributed by atoms with Crippen LogP contribution in [0, 0.1) is 12.3 Å². The average molecular weight is 197 g/mol. The van der Waals surface area contributed by atoms with Crippen LogP contribution in [0.4, 0.5) is 0 Å². The van der Waals surface area contributed by atoms with Crippen molar-refractivity contribution in [2.24, 2.45) is 0 Å². The standard InChI is InChI=1S/C11H19NS/c1-3-5-6-7-8-9-11(13)12-10-4-2/h2H,3,5-10H2,1H3,(H,12,13). The van der Waals surface area contributed by atoms with E-state index in [4.69, 9.17) is 18.6 Å². The molecule has 0 atom stereocenters. The first-order chi connectivity index (χ1) is 6.31. The molecule has 0 aromatic rings. The lowest BCUT2D eigenvalue weighted by Crippen LogP contribution is -2.21. The van der Waals surface area contributed by atoms with Gasteiger partial charge in [-0.25, -0.2) is 0 Å². The first kappa shape index (κ1) is 12.4. The van der Waals surface area contributed by atoms with Crippen molar-refractivity contribution in [3.05, 3.63) is 0 Å². The summed E-state index contributed by atoms with van der Waals surface area (Å²) in [5.74, 6) is 2.51. The van der Waals surface area contributed by atoms with Crippen molar-refractivity contribution in [3.8, 4) is 12.3 Å².